The molecule has 0 bridgehead atoms. The van der Waals surface area contributed by atoms with E-state index in [-0.39, 0.29) is 22.0 Å². The fourth-order valence-corrected chi connectivity index (χ4v) is 2.02. The standard InChI is InChI=1S/C13H18ClN3O4/c1-3-15-12-10(14)7-9(8-11(12)17(19)20)13(18)16-5-4-6-21-2/h7-8,15H,3-6H2,1-2H3,(H,16,18). The Hall–Kier alpha value is -1.86. The Balaban J connectivity index is 2.93. The van der Waals surface area contributed by atoms with Gasteiger partial charge in [0.05, 0.1) is 9.95 Å². The maximum atomic E-state index is 12.0. The first kappa shape index (κ1) is 17.2. The quantitative estimate of drug-likeness (QED) is 0.436. The van der Waals surface area contributed by atoms with E-state index in [2.05, 4.69) is 10.6 Å². The number of nitro benzene ring substituents is 1. The molecule has 8 heteroatoms. The normalized spacial score (nSPS) is 10.2. The van der Waals surface area contributed by atoms with Gasteiger partial charge in [0.15, 0.2) is 0 Å². The average molecular weight is 316 g/mol. The minimum atomic E-state index is -0.564. The van der Waals surface area contributed by atoms with Gasteiger partial charge in [-0.25, -0.2) is 0 Å². The first-order valence-electron chi connectivity index (χ1n) is 6.50. The monoisotopic (exact) mass is 315 g/mol. The molecular weight excluding hydrogens is 298 g/mol. The second kappa shape index (κ2) is 8.43. The van der Waals surface area contributed by atoms with Crippen LogP contribution in [-0.4, -0.2) is 37.6 Å². The van der Waals surface area contributed by atoms with E-state index in [1.54, 1.807) is 14.0 Å². The van der Waals surface area contributed by atoms with Crippen LogP contribution in [0, 0.1) is 10.1 Å². The van der Waals surface area contributed by atoms with E-state index in [1.165, 1.54) is 12.1 Å². The molecule has 21 heavy (non-hydrogen) atoms. The van der Waals surface area contributed by atoms with Crippen molar-refractivity contribution >= 4 is 28.9 Å². The van der Waals surface area contributed by atoms with Gasteiger partial charge in [0.1, 0.15) is 5.69 Å². The Morgan fingerprint density at radius 1 is 1.48 bits per heavy atom. The van der Waals surface area contributed by atoms with Gasteiger partial charge >= 0.3 is 0 Å². The number of carbonyl (C=O) groups is 1. The van der Waals surface area contributed by atoms with Gasteiger partial charge in [-0.3, -0.25) is 14.9 Å². The molecule has 7 nitrogen and oxygen atoms in total. The summed E-state index contributed by atoms with van der Waals surface area (Å²) in [7, 11) is 1.57. The summed E-state index contributed by atoms with van der Waals surface area (Å²) in [5.41, 5.74) is 0.164. The van der Waals surface area contributed by atoms with Crippen molar-refractivity contribution in [3.63, 3.8) is 0 Å². The number of nitrogens with one attached hydrogen (secondary N) is 2. The topological polar surface area (TPSA) is 93.5 Å². The minimum Gasteiger partial charge on any atom is -0.385 e. The molecule has 0 unspecified atom stereocenters. The van der Waals surface area contributed by atoms with E-state index < -0.39 is 10.8 Å². The molecular formula is C13H18ClN3O4. The first-order chi connectivity index (χ1) is 10.0. The lowest BCUT2D eigenvalue weighted by Gasteiger charge is -2.10. The highest BCUT2D eigenvalue weighted by Crippen LogP contribution is 2.33. The summed E-state index contributed by atoms with van der Waals surface area (Å²) in [5.74, 6) is -0.404. The van der Waals surface area contributed by atoms with Crippen molar-refractivity contribution in [1.29, 1.82) is 0 Å². The zero-order chi connectivity index (χ0) is 15.8. The van der Waals surface area contributed by atoms with E-state index in [0.29, 0.717) is 26.1 Å². The highest BCUT2D eigenvalue weighted by molar-refractivity contribution is 6.34. The molecule has 0 aliphatic rings. The molecule has 1 aromatic rings. The molecule has 1 rings (SSSR count). The van der Waals surface area contributed by atoms with Crippen LogP contribution in [0.15, 0.2) is 12.1 Å². The number of amides is 1. The molecule has 0 aliphatic heterocycles. The van der Waals surface area contributed by atoms with Crippen molar-refractivity contribution in [2.24, 2.45) is 0 Å². The Kier molecular flexibility index (Phi) is 6.90. The van der Waals surface area contributed by atoms with E-state index >= 15 is 0 Å². The number of methoxy groups -OCH3 is 1. The van der Waals surface area contributed by atoms with Gasteiger partial charge in [-0.1, -0.05) is 11.6 Å². The molecule has 0 saturated heterocycles. The Morgan fingerprint density at radius 3 is 2.76 bits per heavy atom. The smallest absolute Gasteiger partial charge is 0.294 e. The van der Waals surface area contributed by atoms with Gasteiger partial charge in [-0.2, -0.15) is 0 Å². The highest BCUT2D eigenvalue weighted by Gasteiger charge is 2.20. The zero-order valence-electron chi connectivity index (χ0n) is 11.9. The lowest BCUT2D eigenvalue weighted by molar-refractivity contribution is -0.384. The molecule has 0 aliphatic carbocycles. The van der Waals surface area contributed by atoms with Crippen LogP contribution in [0.1, 0.15) is 23.7 Å². The molecule has 0 radical (unpaired) electrons. The van der Waals surface area contributed by atoms with Crippen molar-refractivity contribution in [2.45, 2.75) is 13.3 Å². The predicted octanol–water partition coefficient (Wildman–Crippen LogP) is 2.45. The SMILES string of the molecule is CCNc1c(Cl)cc(C(=O)NCCCOC)cc1[N+](=O)[O-]. The molecule has 0 spiro atoms. The van der Waals surface area contributed by atoms with E-state index in [9.17, 15) is 14.9 Å². The van der Waals surface area contributed by atoms with Crippen molar-refractivity contribution in [3.05, 3.63) is 32.8 Å². The van der Waals surface area contributed by atoms with Crippen molar-refractivity contribution < 1.29 is 14.5 Å². The minimum absolute atomic E-state index is 0.146. The molecule has 0 aromatic heterocycles. The van der Waals surface area contributed by atoms with Crippen LogP contribution in [-0.2, 0) is 4.74 Å². The summed E-state index contributed by atoms with van der Waals surface area (Å²) >= 11 is 6.02. The molecule has 0 atom stereocenters. The third kappa shape index (κ3) is 4.87. The number of benzene rings is 1. The fourth-order valence-electron chi connectivity index (χ4n) is 1.74. The molecule has 0 heterocycles. The fraction of sp³-hybridized carbons (Fsp3) is 0.462. The second-order valence-corrected chi connectivity index (χ2v) is 4.65. The van der Waals surface area contributed by atoms with Gasteiger partial charge in [0, 0.05) is 38.4 Å². The highest BCUT2D eigenvalue weighted by atomic mass is 35.5. The van der Waals surface area contributed by atoms with Crippen molar-refractivity contribution in [2.75, 3.05) is 32.1 Å². The summed E-state index contributed by atoms with van der Waals surface area (Å²) in [6.45, 7) is 3.24. The maximum absolute atomic E-state index is 12.0. The largest absolute Gasteiger partial charge is 0.385 e. The molecule has 0 fully saturated rings. The number of rotatable bonds is 8. The van der Waals surface area contributed by atoms with Gasteiger partial charge in [0.2, 0.25) is 0 Å². The number of nitro groups is 1. The summed E-state index contributed by atoms with van der Waals surface area (Å²) in [4.78, 5) is 22.5. The number of anilines is 1. The number of hydrogen-bond donors (Lipinski definition) is 2. The summed E-state index contributed by atoms with van der Waals surface area (Å²) in [6, 6.07) is 2.63. The third-order valence-electron chi connectivity index (χ3n) is 2.69. The number of ether oxygens (including phenoxy) is 1. The van der Waals surface area contributed by atoms with E-state index in [4.69, 9.17) is 16.3 Å². The zero-order valence-corrected chi connectivity index (χ0v) is 12.7. The first-order valence-corrected chi connectivity index (χ1v) is 6.88. The number of carbonyl (C=O) groups excluding carboxylic acids is 1. The van der Waals surface area contributed by atoms with Gasteiger partial charge < -0.3 is 15.4 Å². The molecule has 1 aromatic carbocycles. The Morgan fingerprint density at radius 2 is 2.19 bits per heavy atom. The van der Waals surface area contributed by atoms with Crippen molar-refractivity contribution in [1.82, 2.24) is 5.32 Å². The molecule has 1 amide bonds. The molecule has 116 valence electrons. The van der Waals surface area contributed by atoms with Crippen LogP contribution in [0.2, 0.25) is 5.02 Å². The summed E-state index contributed by atoms with van der Waals surface area (Å²) < 4.78 is 4.87. The predicted molar refractivity (Wildman–Crippen MR) is 81.1 cm³/mol. The number of hydrogen-bond acceptors (Lipinski definition) is 5. The van der Waals surface area contributed by atoms with Crippen LogP contribution in [0.5, 0.6) is 0 Å². The number of nitrogens with zero attached hydrogens (tertiary/aromatic N) is 1. The average Bonchev–Trinajstić information content (AvgIpc) is 2.45. The lowest BCUT2D eigenvalue weighted by atomic mass is 10.1. The van der Waals surface area contributed by atoms with Gasteiger partial charge in [0.25, 0.3) is 11.6 Å². The van der Waals surface area contributed by atoms with Gasteiger partial charge in [-0.15, -0.1) is 0 Å². The summed E-state index contributed by atoms with van der Waals surface area (Å²) in [6.07, 6.45) is 0.660. The lowest BCUT2D eigenvalue weighted by Crippen LogP contribution is -2.25. The van der Waals surface area contributed by atoms with Crippen LogP contribution < -0.4 is 10.6 Å². The Bertz CT molecular complexity index is 522. The van der Waals surface area contributed by atoms with Crippen LogP contribution in [0.4, 0.5) is 11.4 Å². The molecule has 0 saturated carbocycles. The van der Waals surface area contributed by atoms with Crippen LogP contribution in [0.25, 0.3) is 0 Å². The molecule has 2 N–H and O–H groups in total. The number of halogens is 1. The second-order valence-electron chi connectivity index (χ2n) is 4.24. The maximum Gasteiger partial charge on any atom is 0.294 e. The Labute approximate surface area is 127 Å². The van der Waals surface area contributed by atoms with Gasteiger partial charge in [-0.05, 0) is 19.4 Å². The van der Waals surface area contributed by atoms with E-state index in [1.807, 2.05) is 0 Å². The third-order valence-corrected chi connectivity index (χ3v) is 2.99. The van der Waals surface area contributed by atoms with Crippen molar-refractivity contribution in [3.8, 4) is 0 Å². The van der Waals surface area contributed by atoms with Crippen LogP contribution >= 0.6 is 11.6 Å². The summed E-state index contributed by atoms with van der Waals surface area (Å²) in [5, 5.41) is 16.7. The van der Waals surface area contributed by atoms with Crippen LogP contribution in [0.3, 0.4) is 0 Å². The van der Waals surface area contributed by atoms with E-state index in [0.717, 1.165) is 0 Å².